The molecule has 3 heteroatoms. The smallest absolute Gasteiger partial charge is 0.157 e. The molecule has 2 aromatic rings. The van der Waals surface area contributed by atoms with Crippen molar-refractivity contribution < 1.29 is 4.79 Å². The molecule has 3 rings (SSSR count). The van der Waals surface area contributed by atoms with E-state index in [9.17, 15) is 4.79 Å². The lowest BCUT2D eigenvalue weighted by molar-refractivity contribution is -0.128. The molecule has 0 radical (unpaired) electrons. The summed E-state index contributed by atoms with van der Waals surface area (Å²) < 4.78 is 0. The average Bonchev–Trinajstić information content (AvgIpc) is 2.56. The maximum Gasteiger partial charge on any atom is 0.157 e. The summed E-state index contributed by atoms with van der Waals surface area (Å²) in [6, 6.07) is 17.9. The first kappa shape index (κ1) is 15.3. The Morgan fingerprint density at radius 1 is 1.00 bits per heavy atom. The van der Waals surface area contributed by atoms with Gasteiger partial charge in [0.05, 0.1) is 0 Å². The molecule has 0 spiro atoms. The minimum Gasteiger partial charge on any atom is -0.297 e. The van der Waals surface area contributed by atoms with Gasteiger partial charge in [0.15, 0.2) is 5.78 Å². The largest absolute Gasteiger partial charge is 0.297 e. The molecule has 0 aromatic heterocycles. The van der Waals surface area contributed by atoms with Crippen molar-refractivity contribution in [3.05, 3.63) is 70.7 Å². The second-order valence-corrected chi connectivity index (χ2v) is 6.32. The summed E-state index contributed by atoms with van der Waals surface area (Å²) in [5, 5.41) is 4.24. The minimum absolute atomic E-state index is 0.289. The molecule has 1 aliphatic carbocycles. The van der Waals surface area contributed by atoms with Crippen molar-refractivity contribution in [1.82, 2.24) is 5.32 Å². The molecule has 1 fully saturated rings. The number of carbonyl (C=O) groups excluding carboxylic acids is 1. The van der Waals surface area contributed by atoms with Gasteiger partial charge in [-0.05, 0) is 36.1 Å². The predicted octanol–water partition coefficient (Wildman–Crippen LogP) is 4.47. The third kappa shape index (κ3) is 3.08. The zero-order chi connectivity index (χ0) is 15.4. The highest BCUT2D eigenvalue weighted by molar-refractivity contribution is 6.30. The fraction of sp³-hybridized carbons (Fsp3) is 0.316. The molecule has 1 atom stereocenters. The van der Waals surface area contributed by atoms with Crippen molar-refractivity contribution >= 4 is 17.4 Å². The number of hydrogen-bond donors (Lipinski definition) is 1. The van der Waals surface area contributed by atoms with Crippen LogP contribution in [0.2, 0.25) is 5.02 Å². The summed E-state index contributed by atoms with van der Waals surface area (Å²) >= 11 is 6.00. The number of benzene rings is 2. The standard InChI is InChI=1S/C19H20ClNO/c20-17-11-9-16(10-12-17)19(13-5-4-8-18(19)22)21-14-15-6-2-1-3-7-15/h1-3,6-7,9-12,21H,4-5,8,13-14H2. The van der Waals surface area contributed by atoms with Crippen LogP contribution in [-0.4, -0.2) is 5.78 Å². The summed E-state index contributed by atoms with van der Waals surface area (Å²) in [6.07, 6.45) is 3.54. The van der Waals surface area contributed by atoms with Crippen LogP contribution in [0.15, 0.2) is 54.6 Å². The third-order valence-corrected chi connectivity index (χ3v) is 4.71. The third-order valence-electron chi connectivity index (χ3n) is 4.46. The fourth-order valence-corrected chi connectivity index (χ4v) is 3.33. The van der Waals surface area contributed by atoms with Gasteiger partial charge >= 0.3 is 0 Å². The van der Waals surface area contributed by atoms with Crippen molar-refractivity contribution in [2.75, 3.05) is 0 Å². The lowest BCUT2D eigenvalue weighted by Gasteiger charge is -2.37. The Balaban J connectivity index is 1.89. The highest BCUT2D eigenvalue weighted by atomic mass is 35.5. The number of hydrogen-bond acceptors (Lipinski definition) is 2. The van der Waals surface area contributed by atoms with Crippen molar-refractivity contribution in [3.63, 3.8) is 0 Å². The molecule has 0 amide bonds. The van der Waals surface area contributed by atoms with E-state index in [1.54, 1.807) is 0 Å². The van der Waals surface area contributed by atoms with E-state index in [4.69, 9.17) is 11.6 Å². The summed E-state index contributed by atoms with van der Waals surface area (Å²) in [4.78, 5) is 12.7. The monoisotopic (exact) mass is 313 g/mol. The Bertz CT molecular complexity index is 638. The topological polar surface area (TPSA) is 29.1 Å². The molecular weight excluding hydrogens is 294 g/mol. The van der Waals surface area contributed by atoms with Crippen LogP contribution in [0, 0.1) is 0 Å². The van der Waals surface area contributed by atoms with Crippen LogP contribution in [0.3, 0.4) is 0 Å². The van der Waals surface area contributed by atoms with E-state index in [0.29, 0.717) is 18.0 Å². The Labute approximate surface area is 136 Å². The van der Waals surface area contributed by atoms with Crippen LogP contribution >= 0.6 is 11.6 Å². The second kappa shape index (κ2) is 6.64. The molecule has 1 saturated carbocycles. The lowest BCUT2D eigenvalue weighted by atomic mass is 9.75. The summed E-state index contributed by atoms with van der Waals surface area (Å²) in [5.74, 6) is 0.289. The van der Waals surface area contributed by atoms with E-state index >= 15 is 0 Å². The van der Waals surface area contributed by atoms with Gasteiger partial charge in [0.2, 0.25) is 0 Å². The fourth-order valence-electron chi connectivity index (χ4n) is 3.21. The number of rotatable bonds is 4. The first-order chi connectivity index (χ1) is 10.7. The lowest BCUT2D eigenvalue weighted by Crippen LogP contribution is -2.50. The molecular formula is C19H20ClNO. The summed E-state index contributed by atoms with van der Waals surface area (Å²) in [6.45, 7) is 0.690. The van der Waals surface area contributed by atoms with Crippen molar-refractivity contribution in [2.45, 2.75) is 37.8 Å². The van der Waals surface area contributed by atoms with Crippen molar-refractivity contribution in [1.29, 1.82) is 0 Å². The molecule has 2 aromatic carbocycles. The van der Waals surface area contributed by atoms with Gasteiger partial charge in [0, 0.05) is 18.0 Å². The Morgan fingerprint density at radius 2 is 1.73 bits per heavy atom. The van der Waals surface area contributed by atoms with Gasteiger partial charge in [-0.2, -0.15) is 0 Å². The molecule has 0 saturated heterocycles. The average molecular weight is 314 g/mol. The highest BCUT2D eigenvalue weighted by Crippen LogP contribution is 2.35. The molecule has 0 aliphatic heterocycles. The van der Waals surface area contributed by atoms with Gasteiger partial charge in [-0.15, -0.1) is 0 Å². The zero-order valence-electron chi connectivity index (χ0n) is 12.5. The van der Waals surface area contributed by atoms with E-state index in [1.165, 1.54) is 5.56 Å². The van der Waals surface area contributed by atoms with Gasteiger partial charge in [-0.1, -0.05) is 60.5 Å². The maximum atomic E-state index is 12.7. The summed E-state index contributed by atoms with van der Waals surface area (Å²) in [5.41, 5.74) is 1.64. The first-order valence-electron chi connectivity index (χ1n) is 7.79. The number of carbonyl (C=O) groups is 1. The quantitative estimate of drug-likeness (QED) is 0.902. The van der Waals surface area contributed by atoms with Crippen LogP contribution in [0.5, 0.6) is 0 Å². The molecule has 114 valence electrons. The minimum atomic E-state index is -0.571. The van der Waals surface area contributed by atoms with Gasteiger partial charge in [0.1, 0.15) is 5.54 Å². The molecule has 0 heterocycles. The predicted molar refractivity (Wildman–Crippen MR) is 89.9 cm³/mol. The van der Waals surface area contributed by atoms with Crippen LogP contribution < -0.4 is 5.32 Å². The van der Waals surface area contributed by atoms with Crippen molar-refractivity contribution in [2.24, 2.45) is 0 Å². The molecule has 1 N–H and O–H groups in total. The van der Waals surface area contributed by atoms with Gasteiger partial charge < -0.3 is 0 Å². The van der Waals surface area contributed by atoms with E-state index in [-0.39, 0.29) is 5.78 Å². The zero-order valence-corrected chi connectivity index (χ0v) is 13.3. The molecule has 1 unspecified atom stereocenters. The number of Topliss-reactive ketones (excluding diaryl/α,β-unsaturated/α-hetero) is 1. The van der Waals surface area contributed by atoms with Crippen LogP contribution in [0.4, 0.5) is 0 Å². The van der Waals surface area contributed by atoms with Crippen LogP contribution in [0.25, 0.3) is 0 Å². The van der Waals surface area contributed by atoms with E-state index in [2.05, 4.69) is 17.4 Å². The first-order valence-corrected chi connectivity index (χ1v) is 8.17. The SMILES string of the molecule is O=C1CCCCC1(NCc1ccccc1)c1ccc(Cl)cc1. The summed E-state index contributed by atoms with van der Waals surface area (Å²) in [7, 11) is 0. The Hall–Kier alpha value is -1.64. The van der Waals surface area contributed by atoms with Crippen LogP contribution in [-0.2, 0) is 16.9 Å². The maximum absolute atomic E-state index is 12.7. The van der Waals surface area contributed by atoms with Crippen LogP contribution in [0.1, 0.15) is 36.8 Å². The number of nitrogens with one attached hydrogen (secondary N) is 1. The Kier molecular flexibility index (Phi) is 4.60. The van der Waals surface area contributed by atoms with Gasteiger partial charge in [-0.25, -0.2) is 0 Å². The molecule has 1 aliphatic rings. The highest BCUT2D eigenvalue weighted by Gasteiger charge is 2.40. The molecule has 22 heavy (non-hydrogen) atoms. The normalized spacial score (nSPS) is 21.8. The van der Waals surface area contributed by atoms with Crippen molar-refractivity contribution in [3.8, 4) is 0 Å². The van der Waals surface area contributed by atoms with Gasteiger partial charge in [0.25, 0.3) is 0 Å². The molecule has 2 nitrogen and oxygen atoms in total. The van der Waals surface area contributed by atoms with Gasteiger partial charge in [-0.3, -0.25) is 10.1 Å². The van der Waals surface area contributed by atoms with E-state index < -0.39 is 5.54 Å². The Morgan fingerprint density at radius 3 is 2.41 bits per heavy atom. The number of ketones is 1. The molecule has 0 bridgehead atoms. The second-order valence-electron chi connectivity index (χ2n) is 5.88. The number of halogens is 1. The van der Waals surface area contributed by atoms with E-state index in [0.717, 1.165) is 24.8 Å². The van der Waals surface area contributed by atoms with E-state index in [1.807, 2.05) is 42.5 Å².